The lowest BCUT2D eigenvalue weighted by Gasteiger charge is -2.00. The molecular formula is C11H19N3O3. The van der Waals surface area contributed by atoms with Crippen LogP contribution in [0.4, 0.5) is 0 Å². The third kappa shape index (κ3) is 3.76. The monoisotopic (exact) mass is 241 g/mol. The Hall–Kier alpha value is -0.980. The second-order valence-electron chi connectivity index (χ2n) is 4.09. The minimum absolute atomic E-state index is 0.380. The van der Waals surface area contributed by atoms with Gasteiger partial charge in [-0.1, -0.05) is 5.16 Å². The van der Waals surface area contributed by atoms with E-state index in [0.717, 1.165) is 31.2 Å². The summed E-state index contributed by atoms with van der Waals surface area (Å²) in [6.45, 7) is 3.79. The molecule has 0 amide bonds. The molecule has 2 rings (SSSR count). The lowest BCUT2D eigenvalue weighted by atomic mass is 10.1. The first-order chi connectivity index (χ1) is 8.40. The van der Waals surface area contributed by atoms with Crippen LogP contribution in [0.1, 0.15) is 24.1 Å². The van der Waals surface area contributed by atoms with Crippen molar-refractivity contribution in [2.24, 2.45) is 0 Å². The van der Waals surface area contributed by atoms with Gasteiger partial charge in [-0.25, -0.2) is 0 Å². The molecule has 17 heavy (non-hydrogen) atoms. The molecule has 0 saturated carbocycles. The van der Waals surface area contributed by atoms with Crippen LogP contribution in [0.2, 0.25) is 0 Å². The molecule has 1 N–H and O–H groups in total. The lowest BCUT2D eigenvalue weighted by molar-refractivity contribution is 0.0714. The lowest BCUT2D eigenvalue weighted by Crippen LogP contribution is -2.08. The summed E-state index contributed by atoms with van der Waals surface area (Å²) in [6, 6.07) is 0. The van der Waals surface area contributed by atoms with Crippen LogP contribution >= 0.6 is 0 Å². The molecule has 1 aliphatic heterocycles. The highest BCUT2D eigenvalue weighted by atomic mass is 16.5. The summed E-state index contributed by atoms with van der Waals surface area (Å²) >= 11 is 0. The molecule has 1 saturated heterocycles. The van der Waals surface area contributed by atoms with E-state index >= 15 is 0 Å². The number of hydrogen-bond donors (Lipinski definition) is 1. The van der Waals surface area contributed by atoms with Crippen molar-refractivity contribution in [3.63, 3.8) is 0 Å². The molecule has 0 bridgehead atoms. The highest BCUT2D eigenvalue weighted by Gasteiger charge is 2.22. The topological polar surface area (TPSA) is 69.4 Å². The van der Waals surface area contributed by atoms with E-state index in [4.69, 9.17) is 14.0 Å². The average molecular weight is 241 g/mol. The Balaban J connectivity index is 1.70. The maximum absolute atomic E-state index is 5.35. The summed E-state index contributed by atoms with van der Waals surface area (Å²) in [5, 5.41) is 7.23. The van der Waals surface area contributed by atoms with Gasteiger partial charge in [0, 0.05) is 20.1 Å². The van der Waals surface area contributed by atoms with E-state index in [2.05, 4.69) is 15.5 Å². The SMILES string of the molecule is COCCOCCc1noc(C2CCNC2)n1. The van der Waals surface area contributed by atoms with E-state index < -0.39 is 0 Å². The fraction of sp³-hybridized carbons (Fsp3) is 0.818. The molecule has 1 atom stereocenters. The quantitative estimate of drug-likeness (QED) is 0.695. The molecule has 1 aliphatic rings. The van der Waals surface area contributed by atoms with Gasteiger partial charge in [-0.2, -0.15) is 4.98 Å². The number of nitrogens with one attached hydrogen (secondary N) is 1. The number of hydrogen-bond acceptors (Lipinski definition) is 6. The molecule has 1 unspecified atom stereocenters. The summed E-state index contributed by atoms with van der Waals surface area (Å²) in [6.07, 6.45) is 1.76. The van der Waals surface area contributed by atoms with Gasteiger partial charge in [-0.05, 0) is 13.0 Å². The van der Waals surface area contributed by atoms with Crippen molar-refractivity contribution in [1.29, 1.82) is 0 Å². The predicted molar refractivity (Wildman–Crippen MR) is 60.9 cm³/mol. The summed E-state index contributed by atoms with van der Waals surface area (Å²) in [7, 11) is 1.66. The average Bonchev–Trinajstić information content (AvgIpc) is 2.99. The number of rotatable bonds is 7. The Morgan fingerprint density at radius 3 is 3.12 bits per heavy atom. The number of nitrogens with zero attached hydrogens (tertiary/aromatic N) is 2. The Kier molecular flexibility index (Phi) is 4.90. The van der Waals surface area contributed by atoms with Crippen LogP contribution in [0.25, 0.3) is 0 Å². The second-order valence-corrected chi connectivity index (χ2v) is 4.09. The molecule has 96 valence electrons. The van der Waals surface area contributed by atoms with E-state index in [-0.39, 0.29) is 0 Å². The zero-order valence-electron chi connectivity index (χ0n) is 10.1. The Bertz CT molecular complexity index is 324. The van der Waals surface area contributed by atoms with Gasteiger partial charge in [0.25, 0.3) is 0 Å². The molecular weight excluding hydrogens is 222 g/mol. The van der Waals surface area contributed by atoms with Crippen molar-refractivity contribution in [2.45, 2.75) is 18.8 Å². The fourth-order valence-corrected chi connectivity index (χ4v) is 1.81. The van der Waals surface area contributed by atoms with Gasteiger partial charge in [0.1, 0.15) is 0 Å². The van der Waals surface area contributed by atoms with Gasteiger partial charge in [0.2, 0.25) is 5.89 Å². The van der Waals surface area contributed by atoms with Crippen molar-refractivity contribution >= 4 is 0 Å². The van der Waals surface area contributed by atoms with E-state index in [1.807, 2.05) is 0 Å². The first-order valence-electron chi connectivity index (χ1n) is 6.00. The van der Waals surface area contributed by atoms with Gasteiger partial charge >= 0.3 is 0 Å². The molecule has 6 heteroatoms. The third-order valence-corrected chi connectivity index (χ3v) is 2.80. The summed E-state index contributed by atoms with van der Waals surface area (Å²) in [5.41, 5.74) is 0. The van der Waals surface area contributed by atoms with Crippen LogP contribution in [-0.2, 0) is 15.9 Å². The van der Waals surface area contributed by atoms with Crippen LogP contribution in [0.5, 0.6) is 0 Å². The maximum atomic E-state index is 5.35. The van der Waals surface area contributed by atoms with Crippen molar-refractivity contribution in [3.8, 4) is 0 Å². The van der Waals surface area contributed by atoms with Crippen molar-refractivity contribution < 1.29 is 14.0 Å². The highest BCUT2D eigenvalue weighted by Crippen LogP contribution is 2.20. The summed E-state index contributed by atoms with van der Waals surface area (Å²) in [5.74, 6) is 1.86. The van der Waals surface area contributed by atoms with Crippen molar-refractivity contribution in [2.75, 3.05) is 40.0 Å². The molecule has 0 aliphatic carbocycles. The molecule has 1 aromatic heterocycles. The molecule has 2 heterocycles. The smallest absolute Gasteiger partial charge is 0.231 e. The minimum Gasteiger partial charge on any atom is -0.382 e. The fourth-order valence-electron chi connectivity index (χ4n) is 1.81. The standard InChI is InChI=1S/C11H19N3O3/c1-15-6-7-16-5-3-10-13-11(17-14-10)9-2-4-12-8-9/h9,12H,2-8H2,1H3. The van der Waals surface area contributed by atoms with E-state index in [1.54, 1.807) is 7.11 Å². The van der Waals surface area contributed by atoms with E-state index in [1.165, 1.54) is 0 Å². The number of aromatic nitrogens is 2. The normalized spacial score (nSPS) is 19.9. The van der Waals surface area contributed by atoms with Crippen LogP contribution in [0.15, 0.2) is 4.52 Å². The van der Waals surface area contributed by atoms with Crippen molar-refractivity contribution in [1.82, 2.24) is 15.5 Å². The summed E-state index contributed by atoms with van der Waals surface area (Å²) in [4.78, 5) is 4.38. The molecule has 6 nitrogen and oxygen atoms in total. The maximum Gasteiger partial charge on any atom is 0.231 e. The van der Waals surface area contributed by atoms with Gasteiger partial charge in [-0.3, -0.25) is 0 Å². The first-order valence-corrected chi connectivity index (χ1v) is 6.00. The number of methoxy groups -OCH3 is 1. The van der Waals surface area contributed by atoms with Gasteiger partial charge in [0.15, 0.2) is 5.82 Å². The molecule has 0 aromatic carbocycles. The summed E-state index contributed by atoms with van der Waals surface area (Å²) < 4.78 is 15.5. The molecule has 0 spiro atoms. The van der Waals surface area contributed by atoms with Gasteiger partial charge in [-0.15, -0.1) is 0 Å². The first kappa shape index (κ1) is 12.5. The highest BCUT2D eigenvalue weighted by molar-refractivity contribution is 4.98. The van der Waals surface area contributed by atoms with E-state index in [0.29, 0.717) is 32.2 Å². The minimum atomic E-state index is 0.380. The zero-order chi connectivity index (χ0) is 11.9. The third-order valence-electron chi connectivity index (χ3n) is 2.80. The van der Waals surface area contributed by atoms with Gasteiger partial charge in [0.05, 0.1) is 25.7 Å². The van der Waals surface area contributed by atoms with Crippen LogP contribution in [0, 0.1) is 0 Å². The van der Waals surface area contributed by atoms with E-state index in [9.17, 15) is 0 Å². The molecule has 1 aromatic rings. The predicted octanol–water partition coefficient (Wildman–Crippen LogP) is 0.352. The van der Waals surface area contributed by atoms with Crippen molar-refractivity contribution in [3.05, 3.63) is 11.7 Å². The van der Waals surface area contributed by atoms with Crippen LogP contribution in [-0.4, -0.2) is 50.2 Å². The van der Waals surface area contributed by atoms with Gasteiger partial charge < -0.3 is 19.3 Å². The second kappa shape index (κ2) is 6.68. The zero-order valence-corrected chi connectivity index (χ0v) is 10.1. The number of ether oxygens (including phenoxy) is 2. The Morgan fingerprint density at radius 1 is 1.41 bits per heavy atom. The Labute approximate surface area is 101 Å². The van der Waals surface area contributed by atoms with Crippen LogP contribution < -0.4 is 5.32 Å². The molecule has 1 fully saturated rings. The molecule has 0 radical (unpaired) electrons. The largest absolute Gasteiger partial charge is 0.382 e. The Morgan fingerprint density at radius 2 is 2.35 bits per heavy atom. The van der Waals surface area contributed by atoms with Crippen LogP contribution in [0.3, 0.4) is 0 Å².